The van der Waals surface area contributed by atoms with Crippen molar-refractivity contribution in [3.63, 3.8) is 0 Å². The van der Waals surface area contributed by atoms with Crippen LogP contribution < -0.4 is 17.0 Å². The summed E-state index contributed by atoms with van der Waals surface area (Å²) < 4.78 is 0. The third-order valence-electron chi connectivity index (χ3n) is 0.669. The number of benzene rings is 1. The smallest absolute Gasteiger partial charge is 0.0412 e. The first kappa shape index (κ1) is 12.2. The Morgan fingerprint density at radius 1 is 1.44 bits per heavy atom. The Balaban J connectivity index is 0. The van der Waals surface area contributed by atoms with Gasteiger partial charge in [-0.2, -0.15) is 0 Å². The van der Waals surface area contributed by atoms with Gasteiger partial charge in [-0.1, -0.05) is 23.7 Å². The summed E-state index contributed by atoms with van der Waals surface area (Å²) in [6, 6.07) is 10.0. The van der Waals surface area contributed by atoms with Gasteiger partial charge in [0.1, 0.15) is 0 Å². The van der Waals surface area contributed by atoms with Crippen molar-refractivity contribution in [3.8, 4) is 0 Å². The Bertz CT molecular complexity index is 143. The van der Waals surface area contributed by atoms with Gasteiger partial charge in [0.25, 0.3) is 0 Å². The molecule has 0 aliphatic carbocycles. The van der Waals surface area contributed by atoms with Crippen molar-refractivity contribution in [3.05, 3.63) is 35.4 Å². The maximum atomic E-state index is 5.51. The normalized spacial score (nSPS) is 6.78. The minimum absolute atomic E-state index is 0. The zero-order chi connectivity index (χ0) is 5.11. The maximum Gasteiger partial charge on any atom is 0.0412 e. The van der Waals surface area contributed by atoms with Gasteiger partial charge in [-0.3, -0.25) is 0 Å². The van der Waals surface area contributed by atoms with Crippen molar-refractivity contribution in [2.45, 2.75) is 0 Å². The monoisotopic (exact) mass is 245 g/mol. The van der Waals surface area contributed by atoms with Crippen LogP contribution in [0.25, 0.3) is 0 Å². The molecule has 0 bridgehead atoms. The summed E-state index contributed by atoms with van der Waals surface area (Å²) in [7, 11) is 0. The van der Waals surface area contributed by atoms with Gasteiger partial charge in [-0.05, 0) is 18.2 Å². The van der Waals surface area contributed by atoms with E-state index in [0.717, 1.165) is 5.02 Å². The van der Waals surface area contributed by atoms with Gasteiger partial charge >= 0.3 is 0 Å². The van der Waals surface area contributed by atoms with Gasteiger partial charge in [0.15, 0.2) is 0 Å². The summed E-state index contributed by atoms with van der Waals surface area (Å²) >= 11 is 5.51. The van der Waals surface area contributed by atoms with Gasteiger partial charge in [-0.15, -0.1) is 0 Å². The van der Waals surface area contributed by atoms with E-state index >= 15 is 0 Å². The van der Waals surface area contributed by atoms with E-state index < -0.39 is 0 Å². The average Bonchev–Trinajstić information content (AvgIpc) is 1.69. The molecule has 0 heterocycles. The molecule has 3 heteroatoms. The molecular weight excluding hydrogens is 242 g/mol. The van der Waals surface area contributed by atoms with E-state index in [0.29, 0.717) is 0 Å². The van der Waals surface area contributed by atoms with Crippen LogP contribution in [0, 0.1) is 6.07 Å². The van der Waals surface area contributed by atoms with Crippen LogP contribution >= 0.6 is 11.6 Å². The van der Waals surface area contributed by atoms with Crippen molar-refractivity contribution in [1.29, 1.82) is 0 Å². The molecule has 0 N–H and O–H groups in total. The van der Waals surface area contributed by atoms with Crippen LogP contribution in [0.15, 0.2) is 24.3 Å². The minimum Gasteiger partial charge on any atom is -1.00 e. The van der Waals surface area contributed by atoms with E-state index in [1.165, 1.54) is 0 Å². The molecule has 0 aliphatic rings. The first-order valence-corrected chi connectivity index (χ1v) is 2.39. The molecule has 1 rings (SSSR count). The van der Waals surface area contributed by atoms with Crippen LogP contribution in [0.2, 0.25) is 5.02 Å². The van der Waals surface area contributed by atoms with Crippen LogP contribution in [0.4, 0.5) is 0 Å². The molecule has 2 radical (unpaired) electrons. The molecule has 50 valence electrons. The molecule has 1 aromatic rings. The molecule has 0 nitrogen and oxygen atoms in total. The Hall–Kier alpha value is 0.509. The first-order chi connectivity index (χ1) is 3.39. The maximum absolute atomic E-state index is 5.51. The second-order valence-corrected chi connectivity index (χ2v) is 1.66. The van der Waals surface area contributed by atoms with E-state index in [9.17, 15) is 0 Å². The average molecular weight is 246 g/mol. The number of halogens is 2. The molecule has 0 saturated heterocycles. The van der Waals surface area contributed by atoms with Crippen LogP contribution in [-0.2, 0) is 17.1 Å². The van der Waals surface area contributed by atoms with Crippen molar-refractivity contribution in [1.82, 2.24) is 0 Å². The van der Waals surface area contributed by atoms with Gasteiger partial charge in [0.05, 0.1) is 0 Å². The molecular formula is C6H4BrClMn-. The molecule has 0 atom stereocenters. The summed E-state index contributed by atoms with van der Waals surface area (Å²) in [5.74, 6) is 0. The molecule has 0 spiro atoms. The topological polar surface area (TPSA) is 0 Å². The fourth-order valence-corrected chi connectivity index (χ4v) is 0.507. The second kappa shape index (κ2) is 6.63. The van der Waals surface area contributed by atoms with Gasteiger partial charge in [0, 0.05) is 22.1 Å². The van der Waals surface area contributed by atoms with Gasteiger partial charge < -0.3 is 17.0 Å². The first-order valence-electron chi connectivity index (χ1n) is 2.01. The SMILES string of the molecule is Clc1c[c]ccc1.[Br-].[Mn]. The Labute approximate surface area is 80.8 Å². The van der Waals surface area contributed by atoms with Crippen LogP contribution in [0.5, 0.6) is 0 Å². The molecule has 0 aliphatic heterocycles. The molecule has 0 amide bonds. The summed E-state index contributed by atoms with van der Waals surface area (Å²) in [5.41, 5.74) is 0. The predicted molar refractivity (Wildman–Crippen MR) is 30.3 cm³/mol. The Morgan fingerprint density at radius 2 is 2.11 bits per heavy atom. The summed E-state index contributed by atoms with van der Waals surface area (Å²) in [6.07, 6.45) is 0. The standard InChI is InChI=1S/C6H4Cl.BrH.Mn/c7-6-4-2-1-3-5-6;;/h1-2,4-5H;1H;/p-1. The predicted octanol–water partition coefficient (Wildman–Crippen LogP) is -0.858. The van der Waals surface area contributed by atoms with Crippen molar-refractivity contribution in [2.24, 2.45) is 0 Å². The molecule has 1 aromatic carbocycles. The van der Waals surface area contributed by atoms with E-state index in [2.05, 4.69) is 6.07 Å². The zero-order valence-electron chi connectivity index (χ0n) is 4.44. The number of hydrogen-bond acceptors (Lipinski definition) is 0. The Kier molecular flexibility index (Phi) is 8.99. The quantitative estimate of drug-likeness (QED) is 0.523. The second-order valence-electron chi connectivity index (χ2n) is 1.22. The minimum atomic E-state index is 0. The zero-order valence-corrected chi connectivity index (χ0v) is 7.97. The fraction of sp³-hybridized carbons (Fsp3) is 0. The van der Waals surface area contributed by atoms with E-state index in [1.807, 2.05) is 18.2 Å². The third-order valence-corrected chi connectivity index (χ3v) is 0.904. The van der Waals surface area contributed by atoms with Gasteiger partial charge in [0.2, 0.25) is 0 Å². The number of rotatable bonds is 0. The largest absolute Gasteiger partial charge is 1.00 e. The molecule has 0 fully saturated rings. The summed E-state index contributed by atoms with van der Waals surface area (Å²) in [5, 5.41) is 0.738. The van der Waals surface area contributed by atoms with Crippen molar-refractivity contribution in [2.75, 3.05) is 0 Å². The molecule has 0 unspecified atom stereocenters. The van der Waals surface area contributed by atoms with E-state index in [1.54, 1.807) is 6.07 Å². The van der Waals surface area contributed by atoms with E-state index in [-0.39, 0.29) is 34.1 Å². The van der Waals surface area contributed by atoms with Gasteiger partial charge in [-0.25, -0.2) is 0 Å². The van der Waals surface area contributed by atoms with Crippen LogP contribution in [0.1, 0.15) is 0 Å². The fourth-order valence-electron chi connectivity index (χ4n) is 0.371. The van der Waals surface area contributed by atoms with E-state index in [4.69, 9.17) is 11.6 Å². The third kappa shape index (κ3) is 4.98. The molecule has 0 aromatic heterocycles. The molecule has 9 heavy (non-hydrogen) atoms. The Morgan fingerprint density at radius 3 is 2.33 bits per heavy atom. The van der Waals surface area contributed by atoms with Crippen LogP contribution in [0.3, 0.4) is 0 Å². The molecule has 0 saturated carbocycles. The van der Waals surface area contributed by atoms with Crippen molar-refractivity contribution >= 4 is 11.6 Å². The summed E-state index contributed by atoms with van der Waals surface area (Å²) in [4.78, 5) is 0. The number of hydrogen-bond donors (Lipinski definition) is 0. The summed E-state index contributed by atoms with van der Waals surface area (Å²) in [6.45, 7) is 0. The van der Waals surface area contributed by atoms with Crippen molar-refractivity contribution < 1.29 is 34.1 Å². The van der Waals surface area contributed by atoms with Crippen LogP contribution in [-0.4, -0.2) is 0 Å².